The fraction of sp³-hybridized carbons (Fsp3) is 0.375. The molecule has 0 bridgehead atoms. The molecule has 4 rings (SSSR count). The third kappa shape index (κ3) is 4.59. The molecule has 1 aliphatic rings. The van der Waals surface area contributed by atoms with E-state index in [0.29, 0.717) is 5.75 Å². The molecule has 6 heteroatoms. The Hall–Kier alpha value is -2.60. The molecule has 2 aromatic carbocycles. The normalized spacial score (nSPS) is 15.7. The first-order chi connectivity index (χ1) is 14.7. The highest BCUT2D eigenvalue weighted by atomic mass is 32.2. The molecular weight excluding hydrogens is 394 g/mol. The summed E-state index contributed by atoms with van der Waals surface area (Å²) >= 11 is 1.50. The van der Waals surface area contributed by atoms with Crippen molar-refractivity contribution in [3.63, 3.8) is 0 Å². The molecule has 1 unspecified atom stereocenters. The van der Waals surface area contributed by atoms with E-state index in [0.717, 1.165) is 55.2 Å². The molecule has 5 nitrogen and oxygen atoms in total. The van der Waals surface area contributed by atoms with E-state index in [4.69, 9.17) is 0 Å². The van der Waals surface area contributed by atoms with Gasteiger partial charge in [-0.05, 0) is 61.4 Å². The van der Waals surface area contributed by atoms with Crippen LogP contribution in [0.25, 0.3) is 0 Å². The number of hydrogen-bond acceptors (Lipinski definition) is 5. The SMILES string of the molecule is CCn1c(CCc2ccc(O)cc2)nnc1SCC(=O)C1CCCc2ccccc21. The number of ketones is 1. The lowest BCUT2D eigenvalue weighted by Crippen LogP contribution is -2.20. The quantitative estimate of drug-likeness (QED) is 0.540. The van der Waals surface area contributed by atoms with E-state index >= 15 is 0 Å². The highest BCUT2D eigenvalue weighted by Gasteiger charge is 2.26. The Balaban J connectivity index is 1.39. The summed E-state index contributed by atoms with van der Waals surface area (Å²) in [5.74, 6) is 1.93. The van der Waals surface area contributed by atoms with Crippen LogP contribution in [0.15, 0.2) is 53.7 Å². The second kappa shape index (κ2) is 9.47. The van der Waals surface area contributed by atoms with Crippen LogP contribution in [0.1, 0.15) is 48.2 Å². The number of Topliss-reactive ketones (excluding diaryl/α,β-unsaturated/α-hetero) is 1. The Kier molecular flexibility index (Phi) is 6.53. The first kappa shape index (κ1) is 20.7. The molecule has 0 amide bonds. The zero-order valence-corrected chi connectivity index (χ0v) is 18.1. The van der Waals surface area contributed by atoms with Gasteiger partial charge < -0.3 is 9.67 Å². The van der Waals surface area contributed by atoms with E-state index in [9.17, 15) is 9.90 Å². The smallest absolute Gasteiger partial charge is 0.191 e. The molecule has 0 saturated heterocycles. The lowest BCUT2D eigenvalue weighted by molar-refractivity contribution is -0.118. The zero-order chi connectivity index (χ0) is 20.9. The first-order valence-electron chi connectivity index (χ1n) is 10.6. The third-order valence-corrected chi connectivity index (χ3v) is 6.77. The van der Waals surface area contributed by atoms with Gasteiger partial charge >= 0.3 is 0 Å². The maximum atomic E-state index is 13.0. The molecule has 156 valence electrons. The van der Waals surface area contributed by atoms with Crippen LogP contribution in [0.4, 0.5) is 0 Å². The number of benzene rings is 2. The summed E-state index contributed by atoms with van der Waals surface area (Å²) in [4.78, 5) is 13.0. The maximum absolute atomic E-state index is 13.0. The number of aryl methyl sites for hydroxylation is 3. The van der Waals surface area contributed by atoms with Crippen molar-refractivity contribution in [3.05, 3.63) is 71.0 Å². The van der Waals surface area contributed by atoms with Crippen molar-refractivity contribution in [2.75, 3.05) is 5.75 Å². The Morgan fingerprint density at radius 3 is 2.73 bits per heavy atom. The highest BCUT2D eigenvalue weighted by molar-refractivity contribution is 7.99. The molecule has 0 fully saturated rings. The fourth-order valence-electron chi connectivity index (χ4n) is 4.17. The van der Waals surface area contributed by atoms with Gasteiger partial charge in [-0.2, -0.15) is 0 Å². The second-order valence-electron chi connectivity index (χ2n) is 7.71. The van der Waals surface area contributed by atoms with Gasteiger partial charge in [-0.1, -0.05) is 48.2 Å². The molecule has 0 spiro atoms. The molecule has 0 aliphatic heterocycles. The molecular formula is C24H27N3O2S. The van der Waals surface area contributed by atoms with Gasteiger partial charge in [-0.25, -0.2) is 0 Å². The summed E-state index contributed by atoms with van der Waals surface area (Å²) in [7, 11) is 0. The predicted octanol–water partition coefficient (Wildman–Crippen LogP) is 4.57. The van der Waals surface area contributed by atoms with E-state index in [-0.39, 0.29) is 17.5 Å². The maximum Gasteiger partial charge on any atom is 0.191 e. The molecule has 1 aliphatic carbocycles. The van der Waals surface area contributed by atoms with Crippen molar-refractivity contribution in [2.24, 2.45) is 0 Å². The van der Waals surface area contributed by atoms with Crippen molar-refractivity contribution >= 4 is 17.5 Å². The van der Waals surface area contributed by atoms with Gasteiger partial charge in [0.2, 0.25) is 0 Å². The summed E-state index contributed by atoms with van der Waals surface area (Å²) in [5, 5.41) is 19.0. The van der Waals surface area contributed by atoms with Gasteiger partial charge in [0.15, 0.2) is 10.9 Å². The first-order valence-corrected chi connectivity index (χ1v) is 11.6. The van der Waals surface area contributed by atoms with Gasteiger partial charge in [0.25, 0.3) is 0 Å². The zero-order valence-electron chi connectivity index (χ0n) is 17.3. The highest BCUT2D eigenvalue weighted by Crippen LogP contribution is 2.33. The average Bonchev–Trinajstić information content (AvgIpc) is 3.18. The monoisotopic (exact) mass is 421 g/mol. The van der Waals surface area contributed by atoms with Crippen molar-refractivity contribution < 1.29 is 9.90 Å². The van der Waals surface area contributed by atoms with Gasteiger partial charge in [-0.15, -0.1) is 10.2 Å². The molecule has 1 heterocycles. The summed E-state index contributed by atoms with van der Waals surface area (Å²) in [6, 6.07) is 15.6. The van der Waals surface area contributed by atoms with Crippen molar-refractivity contribution in [1.82, 2.24) is 14.8 Å². The summed E-state index contributed by atoms with van der Waals surface area (Å²) < 4.78 is 2.10. The Labute approximate surface area is 181 Å². The van der Waals surface area contributed by atoms with E-state index in [1.54, 1.807) is 12.1 Å². The number of nitrogens with zero attached hydrogens (tertiary/aromatic N) is 3. The van der Waals surface area contributed by atoms with Gasteiger partial charge in [0.05, 0.1) is 5.75 Å². The molecule has 3 aromatic rings. The molecule has 1 aromatic heterocycles. The fourth-order valence-corrected chi connectivity index (χ4v) is 5.13. The molecule has 0 radical (unpaired) electrons. The van der Waals surface area contributed by atoms with Crippen LogP contribution < -0.4 is 0 Å². The Morgan fingerprint density at radius 2 is 1.93 bits per heavy atom. The van der Waals surface area contributed by atoms with Gasteiger partial charge in [0.1, 0.15) is 11.6 Å². The van der Waals surface area contributed by atoms with Crippen LogP contribution in [-0.2, 0) is 30.6 Å². The topological polar surface area (TPSA) is 68.0 Å². The average molecular weight is 422 g/mol. The van der Waals surface area contributed by atoms with Crippen LogP contribution >= 0.6 is 11.8 Å². The Bertz CT molecular complexity index is 1010. The minimum Gasteiger partial charge on any atom is -0.508 e. The minimum atomic E-state index is 0.00872. The molecule has 0 saturated carbocycles. The number of aromatic nitrogens is 3. The van der Waals surface area contributed by atoms with E-state index in [2.05, 4.69) is 39.9 Å². The standard InChI is InChI=1S/C24H27N3O2S/c1-2-27-23(15-12-17-10-13-19(28)14-11-17)25-26-24(27)30-16-22(29)21-9-5-7-18-6-3-4-8-20(18)21/h3-4,6,8,10-11,13-14,21,28H,2,5,7,9,12,15-16H2,1H3. The van der Waals surface area contributed by atoms with Crippen molar-refractivity contribution in [1.29, 1.82) is 0 Å². The summed E-state index contributed by atoms with van der Waals surface area (Å²) in [5.41, 5.74) is 3.68. The van der Waals surface area contributed by atoms with E-state index in [1.807, 2.05) is 18.2 Å². The van der Waals surface area contributed by atoms with Crippen molar-refractivity contribution in [2.45, 2.75) is 56.6 Å². The number of phenols is 1. The number of phenolic OH excluding ortho intramolecular Hbond substituents is 1. The largest absolute Gasteiger partial charge is 0.508 e. The molecule has 1 atom stereocenters. The number of rotatable bonds is 8. The Morgan fingerprint density at radius 1 is 1.13 bits per heavy atom. The summed E-state index contributed by atoms with van der Waals surface area (Å²) in [6.07, 6.45) is 4.69. The van der Waals surface area contributed by atoms with Crippen LogP contribution in [0.2, 0.25) is 0 Å². The van der Waals surface area contributed by atoms with Crippen LogP contribution in [0, 0.1) is 0 Å². The lowest BCUT2D eigenvalue weighted by Gasteiger charge is -2.24. The number of hydrogen-bond donors (Lipinski definition) is 1. The van der Waals surface area contributed by atoms with Crippen molar-refractivity contribution in [3.8, 4) is 5.75 Å². The van der Waals surface area contributed by atoms with Crippen LogP contribution in [0.3, 0.4) is 0 Å². The number of aromatic hydroxyl groups is 1. The van der Waals surface area contributed by atoms with E-state index < -0.39 is 0 Å². The number of fused-ring (bicyclic) bond motifs is 1. The second-order valence-corrected chi connectivity index (χ2v) is 8.65. The van der Waals surface area contributed by atoms with Gasteiger partial charge in [0, 0.05) is 18.9 Å². The third-order valence-electron chi connectivity index (χ3n) is 5.78. The van der Waals surface area contributed by atoms with E-state index in [1.165, 1.54) is 22.9 Å². The number of thioether (sulfide) groups is 1. The molecule has 30 heavy (non-hydrogen) atoms. The minimum absolute atomic E-state index is 0.00872. The van der Waals surface area contributed by atoms with Crippen LogP contribution in [-0.4, -0.2) is 31.4 Å². The lowest BCUT2D eigenvalue weighted by atomic mass is 9.81. The number of carbonyl (C=O) groups excluding carboxylic acids is 1. The number of carbonyl (C=O) groups is 1. The van der Waals surface area contributed by atoms with Crippen LogP contribution in [0.5, 0.6) is 5.75 Å². The van der Waals surface area contributed by atoms with Gasteiger partial charge in [-0.3, -0.25) is 4.79 Å². The summed E-state index contributed by atoms with van der Waals surface area (Å²) in [6.45, 7) is 2.86. The molecule has 1 N–H and O–H groups in total. The predicted molar refractivity (Wildman–Crippen MR) is 119 cm³/mol.